The molecule has 15 heteroatoms. The minimum Gasteiger partial charge on any atom is -0.298 e. The number of halogens is 10. The van der Waals surface area contributed by atoms with Gasteiger partial charge in [0.2, 0.25) is 0 Å². The van der Waals surface area contributed by atoms with E-state index in [1.165, 1.54) is 60.7 Å². The lowest BCUT2D eigenvalue weighted by molar-refractivity contribution is 0.131. The van der Waals surface area contributed by atoms with Crippen LogP contribution < -0.4 is 0 Å². The highest BCUT2D eigenvalue weighted by molar-refractivity contribution is 5.21. The third-order valence-corrected chi connectivity index (χ3v) is 10.5. The predicted molar refractivity (Wildman–Crippen MR) is 213 cm³/mol. The van der Waals surface area contributed by atoms with E-state index in [0.29, 0.717) is 99.7 Å². The van der Waals surface area contributed by atoms with Gasteiger partial charge in [-0.15, -0.1) is 0 Å². The van der Waals surface area contributed by atoms with Crippen molar-refractivity contribution >= 4 is 0 Å². The lowest BCUT2D eigenvalue weighted by Crippen LogP contribution is -2.43. The Bertz CT molecular complexity index is 2000. The largest absolute Gasteiger partial charge is 0.298 e. The van der Waals surface area contributed by atoms with Gasteiger partial charge < -0.3 is 0 Å². The summed E-state index contributed by atoms with van der Waals surface area (Å²) in [7, 11) is 0. The van der Waals surface area contributed by atoms with E-state index in [1.54, 1.807) is 0 Å². The van der Waals surface area contributed by atoms with Crippen LogP contribution in [0.1, 0.15) is 34.2 Å². The van der Waals surface area contributed by atoms with Gasteiger partial charge in [-0.25, -0.2) is 43.9 Å². The summed E-state index contributed by atoms with van der Waals surface area (Å²) >= 11 is 0. The van der Waals surface area contributed by atoms with E-state index in [4.69, 9.17) is 0 Å². The minimum atomic E-state index is -0.759. The predicted octanol–water partition coefficient (Wildman–Crippen LogP) is 9.29. The quantitative estimate of drug-likeness (QED) is 0.130. The van der Waals surface area contributed by atoms with Crippen LogP contribution in [0.3, 0.4) is 0 Å². The summed E-state index contributed by atoms with van der Waals surface area (Å²) in [6, 6.07) is 16.2. The van der Waals surface area contributed by atoms with Crippen molar-refractivity contribution in [3.63, 3.8) is 0 Å². The standard InChI is InChI=1S/C46H47F10N5/c47-37-12-32(13-38(48)22-37)27-57-2-1-3-58(28-33-14-39(49)23-40(50)15-33)5-7-60(30-35-18-43(53)25-44(54)19-35)9-11-61(31-36-20-45(55)26-46(56)21-36)10-8-59(6-4-57)29-34-16-41(51)24-42(52)17-34/h12-26H,1-11,27-31H2. The zero-order chi connectivity index (χ0) is 43.5. The Hall–Kier alpha value is -4.80. The molecule has 0 bridgehead atoms. The summed E-state index contributed by atoms with van der Waals surface area (Å²) in [6.45, 7) is 4.14. The summed E-state index contributed by atoms with van der Waals surface area (Å²) < 4.78 is 144. The van der Waals surface area contributed by atoms with Crippen molar-refractivity contribution in [2.45, 2.75) is 39.1 Å². The van der Waals surface area contributed by atoms with Gasteiger partial charge in [0.15, 0.2) is 0 Å². The Balaban J connectivity index is 1.34. The Labute approximate surface area is 349 Å². The molecule has 1 heterocycles. The summed E-state index contributed by atoms with van der Waals surface area (Å²) in [6.07, 6.45) is 0.512. The van der Waals surface area contributed by atoms with Crippen molar-refractivity contribution in [1.29, 1.82) is 0 Å². The zero-order valence-electron chi connectivity index (χ0n) is 33.5. The van der Waals surface area contributed by atoms with Crippen LogP contribution in [0.25, 0.3) is 0 Å². The highest BCUT2D eigenvalue weighted by Crippen LogP contribution is 2.18. The Morgan fingerprint density at radius 1 is 0.230 bits per heavy atom. The molecule has 61 heavy (non-hydrogen) atoms. The maximum absolute atomic E-state index is 14.4. The van der Waals surface area contributed by atoms with Crippen molar-refractivity contribution in [3.05, 3.63) is 177 Å². The summed E-state index contributed by atoms with van der Waals surface area (Å²) in [5.41, 5.74) is 1.85. The minimum absolute atomic E-state index is 0.105. The van der Waals surface area contributed by atoms with Gasteiger partial charge in [-0.3, -0.25) is 24.5 Å². The average Bonchev–Trinajstić information content (AvgIpc) is 3.14. The second kappa shape index (κ2) is 21.8. The smallest absolute Gasteiger partial charge is 0.126 e. The van der Waals surface area contributed by atoms with Crippen LogP contribution in [0, 0.1) is 58.2 Å². The molecule has 0 saturated carbocycles. The molecule has 5 aromatic rings. The summed E-state index contributed by atoms with van der Waals surface area (Å²) in [5.74, 6) is -7.48. The Kier molecular flexibility index (Phi) is 16.4. The number of rotatable bonds is 10. The molecule has 0 N–H and O–H groups in total. The molecule has 1 aliphatic heterocycles. The first-order chi connectivity index (χ1) is 29.2. The average molecular weight is 860 g/mol. The van der Waals surface area contributed by atoms with Gasteiger partial charge in [0.25, 0.3) is 0 Å². The molecular weight excluding hydrogens is 813 g/mol. The molecule has 0 radical (unpaired) electrons. The molecule has 0 spiro atoms. The number of benzene rings is 5. The zero-order valence-corrected chi connectivity index (χ0v) is 33.5. The Morgan fingerprint density at radius 2 is 0.377 bits per heavy atom. The van der Waals surface area contributed by atoms with Crippen molar-refractivity contribution in [2.75, 3.05) is 65.4 Å². The van der Waals surface area contributed by atoms with Gasteiger partial charge in [0.1, 0.15) is 58.2 Å². The molecule has 1 saturated heterocycles. The van der Waals surface area contributed by atoms with Crippen LogP contribution in [-0.4, -0.2) is 89.9 Å². The molecule has 0 atom stereocenters. The third-order valence-electron chi connectivity index (χ3n) is 10.5. The second-order valence-corrected chi connectivity index (χ2v) is 15.6. The topological polar surface area (TPSA) is 16.2 Å². The van der Waals surface area contributed by atoms with Crippen LogP contribution in [0.5, 0.6) is 0 Å². The molecular formula is C46H47F10N5. The van der Waals surface area contributed by atoms with E-state index in [0.717, 1.165) is 30.3 Å². The van der Waals surface area contributed by atoms with Crippen molar-refractivity contribution < 1.29 is 43.9 Å². The lowest BCUT2D eigenvalue weighted by Gasteiger charge is -2.34. The van der Waals surface area contributed by atoms with Crippen LogP contribution in [0.4, 0.5) is 43.9 Å². The van der Waals surface area contributed by atoms with Gasteiger partial charge in [-0.2, -0.15) is 0 Å². The van der Waals surface area contributed by atoms with E-state index < -0.39 is 58.2 Å². The molecule has 1 fully saturated rings. The highest BCUT2D eigenvalue weighted by Gasteiger charge is 2.20. The molecule has 0 amide bonds. The second-order valence-electron chi connectivity index (χ2n) is 15.6. The molecule has 5 aromatic carbocycles. The fourth-order valence-corrected chi connectivity index (χ4v) is 7.80. The number of hydrogen-bond donors (Lipinski definition) is 0. The van der Waals surface area contributed by atoms with Crippen LogP contribution in [0.2, 0.25) is 0 Å². The molecule has 5 nitrogen and oxygen atoms in total. The first-order valence-corrected chi connectivity index (χ1v) is 20.1. The Morgan fingerprint density at radius 3 is 0.541 bits per heavy atom. The van der Waals surface area contributed by atoms with Crippen molar-refractivity contribution in [3.8, 4) is 0 Å². The van der Waals surface area contributed by atoms with E-state index in [-0.39, 0.29) is 32.7 Å². The first-order valence-electron chi connectivity index (χ1n) is 20.1. The van der Waals surface area contributed by atoms with E-state index in [2.05, 4.69) is 0 Å². The fourth-order valence-electron chi connectivity index (χ4n) is 7.80. The maximum atomic E-state index is 14.4. The number of hydrogen-bond acceptors (Lipinski definition) is 5. The maximum Gasteiger partial charge on any atom is 0.126 e. The lowest BCUT2D eigenvalue weighted by atomic mass is 10.1. The van der Waals surface area contributed by atoms with Crippen molar-refractivity contribution in [1.82, 2.24) is 24.5 Å². The summed E-state index contributed by atoms with van der Waals surface area (Å²) in [4.78, 5) is 9.89. The monoisotopic (exact) mass is 859 g/mol. The van der Waals surface area contributed by atoms with E-state index in [1.807, 2.05) is 24.5 Å². The molecule has 1 aliphatic rings. The molecule has 326 valence electrons. The highest BCUT2D eigenvalue weighted by atomic mass is 19.2. The van der Waals surface area contributed by atoms with E-state index in [9.17, 15) is 43.9 Å². The van der Waals surface area contributed by atoms with Gasteiger partial charge >= 0.3 is 0 Å². The van der Waals surface area contributed by atoms with Crippen LogP contribution in [0.15, 0.2) is 91.0 Å². The van der Waals surface area contributed by atoms with Crippen LogP contribution in [-0.2, 0) is 32.7 Å². The normalized spacial score (nSPS) is 16.6. The van der Waals surface area contributed by atoms with Crippen LogP contribution >= 0.6 is 0 Å². The SMILES string of the molecule is Fc1cc(F)cc(CN2CCCN(Cc3cc(F)cc(F)c3)CCN(Cc3cc(F)cc(F)c3)CCN(Cc3cc(F)cc(F)c3)CCN(Cc3cc(F)cc(F)c3)CC2)c1. The van der Waals surface area contributed by atoms with E-state index >= 15 is 0 Å². The molecule has 0 aromatic heterocycles. The summed E-state index contributed by atoms with van der Waals surface area (Å²) in [5, 5.41) is 0. The van der Waals surface area contributed by atoms with Gasteiger partial charge in [-0.1, -0.05) is 0 Å². The van der Waals surface area contributed by atoms with Gasteiger partial charge in [-0.05, 0) is 108 Å². The molecule has 0 aliphatic carbocycles. The molecule has 6 rings (SSSR count). The number of nitrogens with zero attached hydrogens (tertiary/aromatic N) is 5. The van der Waals surface area contributed by atoms with Gasteiger partial charge in [0, 0.05) is 115 Å². The molecule has 0 unspecified atom stereocenters. The first kappa shape index (κ1) is 45.7. The fraction of sp³-hybridized carbons (Fsp3) is 0.348. The van der Waals surface area contributed by atoms with Gasteiger partial charge in [0.05, 0.1) is 0 Å². The third kappa shape index (κ3) is 15.3. The van der Waals surface area contributed by atoms with Crippen molar-refractivity contribution in [2.24, 2.45) is 0 Å².